The van der Waals surface area contributed by atoms with Gasteiger partial charge in [0, 0.05) is 6.42 Å². The molecule has 3 aromatic carbocycles. The van der Waals surface area contributed by atoms with Crippen molar-refractivity contribution < 1.29 is 4.43 Å². The minimum atomic E-state index is -2.56. The molecular weight excluding hydrogens is 320 g/mol. The summed E-state index contributed by atoms with van der Waals surface area (Å²) >= 11 is 0. The fraction of sp³-hybridized carbons (Fsp3) is 0.130. The fourth-order valence-electron chi connectivity index (χ4n) is 3.63. The molecule has 0 spiro atoms. The first-order chi connectivity index (χ1) is 12.4. The average Bonchev–Trinajstić information content (AvgIpc) is 3.21. The zero-order chi connectivity index (χ0) is 17.0. The summed E-state index contributed by atoms with van der Waals surface area (Å²) in [6.45, 7) is 0. The summed E-state index contributed by atoms with van der Waals surface area (Å²) in [6, 6.07) is 32.3. The van der Waals surface area contributed by atoms with E-state index in [1.165, 1.54) is 22.0 Å². The van der Waals surface area contributed by atoms with Gasteiger partial charge < -0.3 is 4.43 Å². The Morgan fingerprint density at radius 2 is 1.04 bits per heavy atom. The highest BCUT2D eigenvalue weighted by atomic mass is 28.4. The molecule has 2 heteroatoms. The van der Waals surface area contributed by atoms with Gasteiger partial charge in [-0.3, -0.25) is 0 Å². The molecule has 0 heterocycles. The SMILES string of the molecule is C1=C(O[Si](c2ccccc2)(c2ccccc2)c2ccccc2)CCC1. The maximum absolute atomic E-state index is 6.96. The van der Waals surface area contributed by atoms with Crippen molar-refractivity contribution in [2.24, 2.45) is 0 Å². The Balaban J connectivity index is 1.97. The molecule has 124 valence electrons. The minimum absolute atomic E-state index is 1.04. The molecule has 3 aromatic rings. The standard InChI is InChI=1S/C23H22OSi/c1-4-14-21(15-5-1)25(22-16-6-2-7-17-22,23-18-8-3-9-19-23)24-20-12-10-11-13-20/h1-9,12,14-19H,10-11,13H2. The van der Waals surface area contributed by atoms with Gasteiger partial charge in [-0.25, -0.2) is 0 Å². The molecule has 0 fully saturated rings. The van der Waals surface area contributed by atoms with Gasteiger partial charge in [0.25, 0.3) is 0 Å². The maximum atomic E-state index is 6.96. The van der Waals surface area contributed by atoms with Crippen LogP contribution in [0.1, 0.15) is 19.3 Å². The summed E-state index contributed by atoms with van der Waals surface area (Å²) < 4.78 is 6.96. The van der Waals surface area contributed by atoms with E-state index in [1.54, 1.807) is 0 Å². The molecule has 25 heavy (non-hydrogen) atoms. The van der Waals surface area contributed by atoms with E-state index in [0.29, 0.717) is 0 Å². The van der Waals surface area contributed by atoms with Gasteiger partial charge in [-0.1, -0.05) is 91.0 Å². The number of benzene rings is 3. The second-order valence-electron chi connectivity index (χ2n) is 6.44. The van der Waals surface area contributed by atoms with E-state index in [-0.39, 0.29) is 0 Å². The van der Waals surface area contributed by atoms with Gasteiger partial charge in [0.1, 0.15) is 0 Å². The Bertz CT molecular complexity index is 744. The third-order valence-electron chi connectivity index (χ3n) is 4.82. The van der Waals surface area contributed by atoms with Gasteiger partial charge in [0.2, 0.25) is 0 Å². The van der Waals surface area contributed by atoms with Crippen LogP contribution in [-0.4, -0.2) is 8.32 Å². The fourth-order valence-corrected chi connectivity index (χ4v) is 7.54. The van der Waals surface area contributed by atoms with Gasteiger partial charge in [-0.2, -0.15) is 0 Å². The highest BCUT2D eigenvalue weighted by molar-refractivity contribution is 7.07. The maximum Gasteiger partial charge on any atom is 0.346 e. The monoisotopic (exact) mass is 342 g/mol. The average molecular weight is 343 g/mol. The highest BCUT2D eigenvalue weighted by Crippen LogP contribution is 2.23. The zero-order valence-electron chi connectivity index (χ0n) is 14.3. The molecular formula is C23H22OSi. The largest absolute Gasteiger partial charge is 0.534 e. The predicted molar refractivity (Wildman–Crippen MR) is 107 cm³/mol. The molecule has 0 aliphatic heterocycles. The summed E-state index contributed by atoms with van der Waals surface area (Å²) in [5.41, 5.74) is 0. The lowest BCUT2D eigenvalue weighted by atomic mass is 10.3. The first-order valence-electron chi connectivity index (χ1n) is 8.94. The molecule has 0 radical (unpaired) electrons. The van der Waals surface area contributed by atoms with Gasteiger partial charge in [0.05, 0.1) is 5.76 Å². The van der Waals surface area contributed by atoms with E-state index >= 15 is 0 Å². The van der Waals surface area contributed by atoms with Crippen molar-refractivity contribution in [3.05, 3.63) is 103 Å². The normalized spacial score (nSPS) is 14.2. The van der Waals surface area contributed by atoms with Crippen LogP contribution in [0.3, 0.4) is 0 Å². The van der Waals surface area contributed by atoms with Crippen LogP contribution in [-0.2, 0) is 4.43 Å². The summed E-state index contributed by atoms with van der Waals surface area (Å²) in [7, 11) is -2.56. The Hall–Kier alpha value is -2.58. The van der Waals surface area contributed by atoms with Crippen LogP contribution in [0.5, 0.6) is 0 Å². The smallest absolute Gasteiger partial charge is 0.346 e. The molecule has 1 aliphatic carbocycles. The number of rotatable bonds is 5. The minimum Gasteiger partial charge on any atom is -0.534 e. The van der Waals surface area contributed by atoms with Crippen molar-refractivity contribution in [1.82, 2.24) is 0 Å². The summed E-state index contributed by atoms with van der Waals surface area (Å²) in [5.74, 6) is 1.16. The molecule has 0 N–H and O–H groups in total. The molecule has 1 aliphatic rings. The van der Waals surface area contributed by atoms with Crippen molar-refractivity contribution in [2.75, 3.05) is 0 Å². The van der Waals surface area contributed by atoms with Crippen molar-refractivity contribution in [3.8, 4) is 0 Å². The quantitative estimate of drug-likeness (QED) is 0.507. The summed E-state index contributed by atoms with van der Waals surface area (Å²) in [6.07, 6.45) is 5.63. The molecule has 0 amide bonds. The van der Waals surface area contributed by atoms with E-state index in [4.69, 9.17) is 4.43 Å². The van der Waals surface area contributed by atoms with Gasteiger partial charge in [-0.15, -0.1) is 0 Å². The van der Waals surface area contributed by atoms with Crippen LogP contribution in [0.4, 0.5) is 0 Å². The summed E-state index contributed by atoms with van der Waals surface area (Å²) in [5, 5.41) is 3.88. The molecule has 0 aromatic heterocycles. The Labute approximate surface area is 150 Å². The third-order valence-corrected chi connectivity index (χ3v) is 8.83. The van der Waals surface area contributed by atoms with Crippen LogP contribution < -0.4 is 15.6 Å². The summed E-state index contributed by atoms with van der Waals surface area (Å²) in [4.78, 5) is 0. The highest BCUT2D eigenvalue weighted by Gasteiger charge is 2.44. The van der Waals surface area contributed by atoms with Crippen LogP contribution in [0.15, 0.2) is 103 Å². The molecule has 0 unspecified atom stereocenters. The van der Waals surface area contributed by atoms with Crippen LogP contribution in [0.25, 0.3) is 0 Å². The predicted octanol–water partition coefficient (Wildman–Crippen LogP) is 3.74. The number of hydrogen-bond donors (Lipinski definition) is 0. The van der Waals surface area contributed by atoms with Crippen LogP contribution in [0.2, 0.25) is 0 Å². The number of allylic oxidation sites excluding steroid dienone is 2. The lowest BCUT2D eigenvalue weighted by Crippen LogP contribution is -2.69. The van der Waals surface area contributed by atoms with Crippen LogP contribution in [0, 0.1) is 0 Å². The first kappa shape index (κ1) is 15.9. The van der Waals surface area contributed by atoms with Crippen molar-refractivity contribution in [3.63, 3.8) is 0 Å². The Morgan fingerprint density at radius 1 is 0.600 bits per heavy atom. The van der Waals surface area contributed by atoms with Gasteiger partial charge in [0.15, 0.2) is 0 Å². The van der Waals surface area contributed by atoms with Crippen LogP contribution >= 0.6 is 0 Å². The molecule has 0 bridgehead atoms. The van der Waals surface area contributed by atoms with E-state index in [0.717, 1.165) is 18.6 Å². The van der Waals surface area contributed by atoms with Gasteiger partial charge in [-0.05, 0) is 34.5 Å². The second-order valence-corrected chi connectivity index (χ2v) is 9.74. The first-order valence-corrected chi connectivity index (χ1v) is 10.8. The van der Waals surface area contributed by atoms with Gasteiger partial charge >= 0.3 is 8.32 Å². The molecule has 4 rings (SSSR count). The topological polar surface area (TPSA) is 9.23 Å². The lowest BCUT2D eigenvalue weighted by molar-refractivity contribution is 0.422. The Morgan fingerprint density at radius 3 is 1.40 bits per heavy atom. The van der Waals surface area contributed by atoms with Crippen molar-refractivity contribution in [1.29, 1.82) is 0 Å². The van der Waals surface area contributed by atoms with E-state index < -0.39 is 8.32 Å². The van der Waals surface area contributed by atoms with E-state index in [9.17, 15) is 0 Å². The van der Waals surface area contributed by atoms with E-state index in [2.05, 4.69) is 97.1 Å². The number of hydrogen-bond acceptors (Lipinski definition) is 1. The molecule has 0 saturated carbocycles. The molecule has 1 nitrogen and oxygen atoms in total. The third kappa shape index (κ3) is 3.05. The van der Waals surface area contributed by atoms with Crippen molar-refractivity contribution in [2.45, 2.75) is 19.3 Å². The lowest BCUT2D eigenvalue weighted by Gasteiger charge is -2.34. The molecule has 0 atom stereocenters. The zero-order valence-corrected chi connectivity index (χ0v) is 15.3. The molecule has 0 saturated heterocycles. The second kappa shape index (κ2) is 7.12. The van der Waals surface area contributed by atoms with E-state index in [1.807, 2.05) is 0 Å². The van der Waals surface area contributed by atoms with Crippen molar-refractivity contribution >= 4 is 23.9 Å². The Kier molecular flexibility index (Phi) is 4.53.